The smallest absolute Gasteiger partial charge is 0.247 e. The fourth-order valence-corrected chi connectivity index (χ4v) is 1.50. The summed E-state index contributed by atoms with van der Waals surface area (Å²) >= 11 is 0. The van der Waals surface area contributed by atoms with Gasteiger partial charge in [0.1, 0.15) is 0 Å². The minimum absolute atomic E-state index is 0.0584. The fourth-order valence-electron chi connectivity index (χ4n) is 1.50. The van der Waals surface area contributed by atoms with Gasteiger partial charge in [0.25, 0.3) is 0 Å². The SMILES string of the molecule is O=C(Cc1ccccc1)OOC(=O)c1ccccc1. The molecule has 0 aliphatic carbocycles. The Morgan fingerprint density at radius 2 is 1.37 bits per heavy atom. The second-order valence-electron chi connectivity index (χ2n) is 3.85. The summed E-state index contributed by atoms with van der Waals surface area (Å²) in [6.07, 6.45) is 0.0584. The molecule has 4 nitrogen and oxygen atoms in total. The summed E-state index contributed by atoms with van der Waals surface area (Å²) in [4.78, 5) is 31.9. The Kier molecular flexibility index (Phi) is 4.29. The monoisotopic (exact) mass is 256 g/mol. The van der Waals surface area contributed by atoms with E-state index in [1.165, 1.54) is 0 Å². The molecular weight excluding hydrogens is 244 g/mol. The molecule has 2 aromatic carbocycles. The molecule has 0 atom stereocenters. The van der Waals surface area contributed by atoms with Crippen molar-refractivity contribution in [2.75, 3.05) is 0 Å². The zero-order chi connectivity index (χ0) is 13.5. The van der Waals surface area contributed by atoms with Crippen molar-refractivity contribution in [1.29, 1.82) is 0 Å². The zero-order valence-electron chi connectivity index (χ0n) is 10.1. The predicted molar refractivity (Wildman–Crippen MR) is 68.1 cm³/mol. The summed E-state index contributed by atoms with van der Waals surface area (Å²) in [7, 11) is 0. The third-order valence-electron chi connectivity index (χ3n) is 2.41. The molecule has 0 radical (unpaired) electrons. The van der Waals surface area contributed by atoms with Crippen LogP contribution in [0, 0.1) is 0 Å². The van der Waals surface area contributed by atoms with Crippen molar-refractivity contribution in [3.05, 3.63) is 71.8 Å². The molecule has 0 spiro atoms. The minimum Gasteiger partial charge on any atom is -0.247 e. The molecule has 0 amide bonds. The normalized spacial score (nSPS) is 9.68. The lowest BCUT2D eigenvalue weighted by Crippen LogP contribution is -2.13. The Hall–Kier alpha value is -2.62. The lowest BCUT2D eigenvalue weighted by atomic mass is 10.2. The summed E-state index contributed by atoms with van der Waals surface area (Å²) < 4.78 is 0. The van der Waals surface area contributed by atoms with Crippen molar-refractivity contribution in [3.63, 3.8) is 0 Å². The van der Waals surface area contributed by atoms with Gasteiger partial charge in [-0.05, 0) is 17.7 Å². The summed E-state index contributed by atoms with van der Waals surface area (Å²) in [5.74, 6) is -1.31. The fraction of sp³-hybridized carbons (Fsp3) is 0.0667. The van der Waals surface area contributed by atoms with Crippen molar-refractivity contribution < 1.29 is 19.4 Å². The quantitative estimate of drug-likeness (QED) is 0.625. The van der Waals surface area contributed by atoms with Crippen molar-refractivity contribution >= 4 is 11.9 Å². The summed E-state index contributed by atoms with van der Waals surface area (Å²) in [5.41, 5.74) is 1.12. The Labute approximate surface area is 110 Å². The van der Waals surface area contributed by atoms with Gasteiger partial charge in [-0.3, -0.25) is 0 Å². The Morgan fingerprint density at radius 3 is 2.00 bits per heavy atom. The van der Waals surface area contributed by atoms with Crippen LogP contribution in [0.1, 0.15) is 15.9 Å². The van der Waals surface area contributed by atoms with Crippen LogP contribution in [-0.2, 0) is 21.0 Å². The highest BCUT2D eigenvalue weighted by molar-refractivity contribution is 5.89. The molecule has 0 aliphatic heterocycles. The topological polar surface area (TPSA) is 52.6 Å². The van der Waals surface area contributed by atoms with E-state index < -0.39 is 11.9 Å². The maximum absolute atomic E-state index is 11.5. The zero-order valence-corrected chi connectivity index (χ0v) is 10.1. The van der Waals surface area contributed by atoms with Gasteiger partial charge in [0.15, 0.2) is 0 Å². The number of hydrogen-bond donors (Lipinski definition) is 0. The molecule has 0 saturated heterocycles. The van der Waals surface area contributed by atoms with Gasteiger partial charge in [-0.2, -0.15) is 0 Å². The number of rotatable bonds is 3. The molecular formula is C15H12O4. The third-order valence-corrected chi connectivity index (χ3v) is 2.41. The third kappa shape index (κ3) is 3.96. The van der Waals surface area contributed by atoms with Crippen molar-refractivity contribution in [2.45, 2.75) is 6.42 Å². The Morgan fingerprint density at radius 1 is 0.789 bits per heavy atom. The van der Waals surface area contributed by atoms with Crippen LogP contribution in [0.25, 0.3) is 0 Å². The summed E-state index contributed by atoms with van der Waals surface area (Å²) in [6.45, 7) is 0. The van der Waals surface area contributed by atoms with Gasteiger partial charge in [-0.15, -0.1) is 0 Å². The lowest BCUT2D eigenvalue weighted by Gasteiger charge is -2.03. The van der Waals surface area contributed by atoms with Crippen LogP contribution in [0.3, 0.4) is 0 Å². The van der Waals surface area contributed by atoms with Crippen molar-refractivity contribution in [2.24, 2.45) is 0 Å². The van der Waals surface area contributed by atoms with Crippen LogP contribution in [0.5, 0.6) is 0 Å². The van der Waals surface area contributed by atoms with E-state index >= 15 is 0 Å². The number of benzene rings is 2. The van der Waals surface area contributed by atoms with Gasteiger partial charge >= 0.3 is 11.9 Å². The van der Waals surface area contributed by atoms with Crippen molar-refractivity contribution in [1.82, 2.24) is 0 Å². The van der Waals surface area contributed by atoms with E-state index in [2.05, 4.69) is 9.78 Å². The van der Waals surface area contributed by atoms with Crippen LogP contribution in [0.4, 0.5) is 0 Å². The van der Waals surface area contributed by atoms with E-state index in [0.717, 1.165) is 5.56 Å². The average Bonchev–Trinajstić information content (AvgIpc) is 2.47. The molecule has 2 rings (SSSR count). The van der Waals surface area contributed by atoms with E-state index in [0.29, 0.717) is 5.56 Å². The first kappa shape index (κ1) is 12.8. The highest BCUT2D eigenvalue weighted by Crippen LogP contribution is 2.04. The first-order valence-corrected chi connectivity index (χ1v) is 5.76. The molecule has 0 fully saturated rings. The molecule has 0 N–H and O–H groups in total. The van der Waals surface area contributed by atoms with E-state index in [9.17, 15) is 9.59 Å². The van der Waals surface area contributed by atoms with Gasteiger partial charge in [0.2, 0.25) is 0 Å². The summed E-state index contributed by atoms with van der Waals surface area (Å²) in [5, 5.41) is 0. The molecule has 2 aromatic rings. The molecule has 0 aliphatic rings. The summed E-state index contributed by atoms with van der Waals surface area (Å²) in [6, 6.07) is 17.4. The molecule has 4 heteroatoms. The highest BCUT2D eigenvalue weighted by Gasteiger charge is 2.12. The maximum atomic E-state index is 11.5. The minimum atomic E-state index is -0.693. The first-order chi connectivity index (χ1) is 9.25. The maximum Gasteiger partial charge on any atom is 0.386 e. The van der Waals surface area contributed by atoms with E-state index in [-0.39, 0.29) is 6.42 Å². The first-order valence-electron chi connectivity index (χ1n) is 5.76. The Bertz CT molecular complexity index is 549. The number of carbonyl (C=O) groups is 2. The largest absolute Gasteiger partial charge is 0.386 e. The van der Waals surface area contributed by atoms with Gasteiger partial charge in [0.05, 0.1) is 12.0 Å². The van der Waals surface area contributed by atoms with Crippen LogP contribution < -0.4 is 0 Å². The second kappa shape index (κ2) is 6.35. The lowest BCUT2D eigenvalue weighted by molar-refractivity contribution is -0.233. The van der Waals surface area contributed by atoms with Crippen LogP contribution in [0.15, 0.2) is 60.7 Å². The highest BCUT2D eigenvalue weighted by atomic mass is 17.2. The van der Waals surface area contributed by atoms with Crippen LogP contribution in [0.2, 0.25) is 0 Å². The van der Waals surface area contributed by atoms with Crippen molar-refractivity contribution in [3.8, 4) is 0 Å². The van der Waals surface area contributed by atoms with Gasteiger partial charge in [-0.1, -0.05) is 48.5 Å². The van der Waals surface area contributed by atoms with E-state index in [1.54, 1.807) is 42.5 Å². The molecule has 96 valence electrons. The molecule has 0 bridgehead atoms. The number of carbonyl (C=O) groups excluding carboxylic acids is 2. The predicted octanol–water partition coefficient (Wildman–Crippen LogP) is 2.54. The Balaban J connectivity index is 1.83. The molecule has 0 unspecified atom stereocenters. The molecule has 19 heavy (non-hydrogen) atoms. The number of hydrogen-bond acceptors (Lipinski definition) is 4. The van der Waals surface area contributed by atoms with E-state index in [1.807, 2.05) is 18.2 Å². The molecule has 0 aromatic heterocycles. The van der Waals surface area contributed by atoms with Crippen LogP contribution in [-0.4, -0.2) is 11.9 Å². The van der Waals surface area contributed by atoms with Gasteiger partial charge < -0.3 is 0 Å². The van der Waals surface area contributed by atoms with E-state index in [4.69, 9.17) is 0 Å². The van der Waals surface area contributed by atoms with Crippen LogP contribution >= 0.6 is 0 Å². The van der Waals surface area contributed by atoms with Gasteiger partial charge in [0, 0.05) is 0 Å². The standard InChI is InChI=1S/C15H12O4/c16-14(11-12-7-3-1-4-8-12)18-19-15(17)13-9-5-2-6-10-13/h1-10H,11H2. The molecule has 0 saturated carbocycles. The van der Waals surface area contributed by atoms with Gasteiger partial charge in [-0.25, -0.2) is 19.4 Å². The second-order valence-corrected chi connectivity index (χ2v) is 3.85. The average molecular weight is 256 g/mol. The molecule has 0 heterocycles.